The van der Waals surface area contributed by atoms with E-state index >= 15 is 0 Å². The van der Waals surface area contributed by atoms with Gasteiger partial charge in [0.1, 0.15) is 0 Å². The molecule has 0 aliphatic carbocycles. The predicted octanol–water partition coefficient (Wildman–Crippen LogP) is 2.08. The molecule has 1 unspecified atom stereocenters. The number of halogens is 3. The van der Waals surface area contributed by atoms with Gasteiger partial charge in [-0.25, -0.2) is 0 Å². The second-order valence-corrected chi connectivity index (χ2v) is 5.14. The molecule has 0 spiro atoms. The first-order valence-electron chi connectivity index (χ1n) is 6.62. The summed E-state index contributed by atoms with van der Waals surface area (Å²) in [4.78, 5) is 6.00. The molecule has 1 saturated heterocycles. The number of piperidine rings is 1. The third-order valence-electron chi connectivity index (χ3n) is 3.86. The molecule has 1 aliphatic heterocycles. The highest BCUT2D eigenvalue weighted by Gasteiger charge is 2.54. The summed E-state index contributed by atoms with van der Waals surface area (Å²) in [5, 5.41) is 13.4. The molecular weight excluding hydrogens is 275 g/mol. The lowest BCUT2D eigenvalue weighted by Crippen LogP contribution is -2.53. The van der Waals surface area contributed by atoms with Crippen molar-refractivity contribution in [2.75, 3.05) is 13.1 Å². The Kier molecular flexibility index (Phi) is 4.06. The quantitative estimate of drug-likeness (QED) is 0.924. The summed E-state index contributed by atoms with van der Waals surface area (Å²) < 4.78 is 43.3. The van der Waals surface area contributed by atoms with Crippen LogP contribution in [0, 0.1) is 0 Å². The zero-order chi connectivity index (χ0) is 15.0. The summed E-state index contributed by atoms with van der Waals surface area (Å²) in [7, 11) is 0. The molecular formula is C12H18F3N3O2. The van der Waals surface area contributed by atoms with E-state index in [1.54, 1.807) is 0 Å². The van der Waals surface area contributed by atoms with Crippen LogP contribution in [0.3, 0.4) is 0 Å². The molecule has 20 heavy (non-hydrogen) atoms. The van der Waals surface area contributed by atoms with Crippen LogP contribution in [0.1, 0.15) is 44.4 Å². The minimum atomic E-state index is -4.58. The molecule has 0 bridgehead atoms. The molecule has 1 aliphatic rings. The summed E-state index contributed by atoms with van der Waals surface area (Å²) in [6.45, 7) is 3.98. The highest BCUT2D eigenvalue weighted by atomic mass is 19.4. The van der Waals surface area contributed by atoms with Crippen LogP contribution in [0.2, 0.25) is 0 Å². The van der Waals surface area contributed by atoms with Crippen molar-refractivity contribution in [1.29, 1.82) is 0 Å². The number of aliphatic hydroxyl groups is 1. The minimum absolute atomic E-state index is 0.140. The number of nitrogens with zero attached hydrogens (tertiary/aromatic N) is 3. The largest absolute Gasteiger partial charge is 0.417 e. The minimum Gasteiger partial charge on any atom is -0.380 e. The molecule has 1 aromatic heterocycles. The predicted molar refractivity (Wildman–Crippen MR) is 63.9 cm³/mol. The van der Waals surface area contributed by atoms with Gasteiger partial charge in [0, 0.05) is 19.5 Å². The number of rotatable bonds is 3. The van der Waals surface area contributed by atoms with Crippen molar-refractivity contribution in [3.8, 4) is 0 Å². The topological polar surface area (TPSA) is 62.4 Å². The van der Waals surface area contributed by atoms with Crippen LogP contribution in [-0.2, 0) is 6.42 Å². The Morgan fingerprint density at radius 1 is 1.40 bits per heavy atom. The standard InChI is InChI=1S/C12H18F3N3O2/c1-3-9-16-10(20-17-9)8(2)18-6-4-11(19,5-7-18)12(13,14)15/h8,19H,3-7H2,1-2H3. The van der Waals surface area contributed by atoms with E-state index in [9.17, 15) is 18.3 Å². The second-order valence-electron chi connectivity index (χ2n) is 5.14. The van der Waals surface area contributed by atoms with Crippen molar-refractivity contribution in [3.05, 3.63) is 11.7 Å². The summed E-state index contributed by atoms with van der Waals surface area (Å²) in [5.74, 6) is 0.981. The van der Waals surface area contributed by atoms with Gasteiger partial charge in [0.15, 0.2) is 11.4 Å². The monoisotopic (exact) mass is 293 g/mol. The maximum atomic E-state index is 12.7. The Hall–Kier alpha value is -1.15. The number of likely N-dealkylation sites (tertiary alicyclic amines) is 1. The van der Waals surface area contributed by atoms with E-state index in [1.165, 1.54) is 0 Å². The van der Waals surface area contributed by atoms with Gasteiger partial charge < -0.3 is 9.63 Å². The Labute approximate surface area is 114 Å². The van der Waals surface area contributed by atoms with Gasteiger partial charge in [0.25, 0.3) is 0 Å². The van der Waals surface area contributed by atoms with Crippen molar-refractivity contribution < 1.29 is 22.8 Å². The molecule has 114 valence electrons. The first-order chi connectivity index (χ1) is 9.27. The van der Waals surface area contributed by atoms with E-state index in [4.69, 9.17) is 4.52 Å². The molecule has 1 N–H and O–H groups in total. The van der Waals surface area contributed by atoms with Crippen molar-refractivity contribution in [2.24, 2.45) is 0 Å². The SMILES string of the molecule is CCc1noc(C(C)N2CCC(O)(C(F)(F)F)CC2)n1. The number of aryl methyl sites for hydroxylation is 1. The molecule has 0 amide bonds. The molecule has 5 nitrogen and oxygen atoms in total. The molecule has 1 atom stereocenters. The van der Waals surface area contributed by atoms with Gasteiger partial charge in [-0.1, -0.05) is 12.1 Å². The fourth-order valence-corrected chi connectivity index (χ4v) is 2.30. The summed E-state index contributed by atoms with van der Waals surface area (Å²) in [5.41, 5.74) is -2.58. The molecule has 1 fully saturated rings. The van der Waals surface area contributed by atoms with Gasteiger partial charge in [0.2, 0.25) is 5.89 Å². The van der Waals surface area contributed by atoms with Crippen LogP contribution >= 0.6 is 0 Å². The van der Waals surface area contributed by atoms with Crippen LogP contribution in [0.25, 0.3) is 0 Å². The molecule has 2 rings (SSSR count). The second kappa shape index (κ2) is 5.33. The Morgan fingerprint density at radius 2 is 2.00 bits per heavy atom. The zero-order valence-electron chi connectivity index (χ0n) is 11.4. The van der Waals surface area contributed by atoms with Crippen LogP contribution in [-0.4, -0.2) is 45.0 Å². The Balaban J connectivity index is 2.00. The average Bonchev–Trinajstić information content (AvgIpc) is 2.86. The van der Waals surface area contributed by atoms with E-state index in [2.05, 4.69) is 10.1 Å². The third-order valence-corrected chi connectivity index (χ3v) is 3.86. The molecule has 0 saturated carbocycles. The fraction of sp³-hybridized carbons (Fsp3) is 0.833. The van der Waals surface area contributed by atoms with Gasteiger partial charge in [-0.2, -0.15) is 18.2 Å². The number of hydrogen-bond acceptors (Lipinski definition) is 5. The van der Waals surface area contributed by atoms with E-state index < -0.39 is 11.8 Å². The van der Waals surface area contributed by atoms with E-state index in [0.717, 1.165) is 0 Å². The zero-order valence-corrected chi connectivity index (χ0v) is 11.4. The lowest BCUT2D eigenvalue weighted by atomic mass is 9.90. The number of aromatic nitrogens is 2. The summed E-state index contributed by atoms with van der Waals surface area (Å²) >= 11 is 0. The van der Waals surface area contributed by atoms with Crippen LogP contribution in [0.4, 0.5) is 13.2 Å². The molecule has 8 heteroatoms. The van der Waals surface area contributed by atoms with Gasteiger partial charge in [-0.3, -0.25) is 4.90 Å². The molecule has 0 radical (unpaired) electrons. The smallest absolute Gasteiger partial charge is 0.380 e. The highest BCUT2D eigenvalue weighted by Crippen LogP contribution is 2.39. The number of hydrogen-bond donors (Lipinski definition) is 1. The van der Waals surface area contributed by atoms with Gasteiger partial charge >= 0.3 is 6.18 Å². The fourth-order valence-electron chi connectivity index (χ4n) is 2.30. The van der Waals surface area contributed by atoms with Gasteiger partial charge in [-0.05, 0) is 19.8 Å². The first-order valence-corrected chi connectivity index (χ1v) is 6.62. The normalized spacial score (nSPS) is 21.9. The summed E-state index contributed by atoms with van der Waals surface area (Å²) in [6, 6.07) is -0.249. The van der Waals surface area contributed by atoms with Crippen LogP contribution in [0.15, 0.2) is 4.52 Å². The van der Waals surface area contributed by atoms with Crippen molar-refractivity contribution in [3.63, 3.8) is 0 Å². The average molecular weight is 293 g/mol. The van der Waals surface area contributed by atoms with E-state index in [-0.39, 0.29) is 32.0 Å². The third kappa shape index (κ3) is 2.80. The Morgan fingerprint density at radius 3 is 2.45 bits per heavy atom. The van der Waals surface area contributed by atoms with Crippen molar-refractivity contribution in [1.82, 2.24) is 15.0 Å². The Bertz CT molecular complexity index is 453. The first kappa shape index (κ1) is 15.2. The lowest BCUT2D eigenvalue weighted by molar-refractivity contribution is -0.273. The molecule has 1 aromatic rings. The maximum Gasteiger partial charge on any atom is 0.417 e. The number of alkyl halides is 3. The molecule has 0 aromatic carbocycles. The van der Waals surface area contributed by atoms with Crippen LogP contribution in [0.5, 0.6) is 0 Å². The van der Waals surface area contributed by atoms with Gasteiger partial charge in [0.05, 0.1) is 6.04 Å². The van der Waals surface area contributed by atoms with Crippen molar-refractivity contribution >= 4 is 0 Å². The lowest BCUT2D eigenvalue weighted by Gasteiger charge is -2.40. The summed E-state index contributed by atoms with van der Waals surface area (Å²) in [6.07, 6.45) is -4.61. The van der Waals surface area contributed by atoms with Crippen LogP contribution < -0.4 is 0 Å². The van der Waals surface area contributed by atoms with E-state index in [0.29, 0.717) is 18.1 Å². The molecule has 2 heterocycles. The van der Waals surface area contributed by atoms with Crippen molar-refractivity contribution in [2.45, 2.75) is 50.9 Å². The highest BCUT2D eigenvalue weighted by molar-refractivity contribution is 4.97. The van der Waals surface area contributed by atoms with E-state index in [1.807, 2.05) is 18.7 Å². The van der Waals surface area contributed by atoms with Gasteiger partial charge in [-0.15, -0.1) is 0 Å². The maximum absolute atomic E-state index is 12.7.